The summed E-state index contributed by atoms with van der Waals surface area (Å²) in [6.45, 7) is 7.20. The number of rotatable bonds is 7. The number of hydrogen-bond acceptors (Lipinski definition) is 4. The topological polar surface area (TPSA) is 72.5 Å². The number of hydrogen-bond donors (Lipinski definition) is 1. The SMILES string of the molecule is Cc1ccc(C)c(C(=O)CCC(=O)OCC(=O)Nc2c(C)cccc2C)c1. The predicted octanol–water partition coefficient (Wildman–Crippen LogP) is 4.07. The third-order valence-electron chi connectivity index (χ3n) is 4.36. The summed E-state index contributed by atoms with van der Waals surface area (Å²) < 4.78 is 4.99. The molecular weight excluding hydrogens is 342 g/mol. The van der Waals surface area contributed by atoms with Gasteiger partial charge in [-0.05, 0) is 50.5 Å². The van der Waals surface area contributed by atoms with E-state index in [0.29, 0.717) is 5.56 Å². The number of benzene rings is 2. The van der Waals surface area contributed by atoms with Crippen molar-refractivity contribution in [1.82, 2.24) is 0 Å². The Morgan fingerprint density at radius 1 is 0.889 bits per heavy atom. The Balaban J connectivity index is 1.81. The van der Waals surface area contributed by atoms with E-state index >= 15 is 0 Å². The molecule has 5 heteroatoms. The van der Waals surface area contributed by atoms with Gasteiger partial charge in [0.2, 0.25) is 0 Å². The minimum atomic E-state index is -0.565. The van der Waals surface area contributed by atoms with Crippen molar-refractivity contribution >= 4 is 23.3 Å². The molecule has 0 spiro atoms. The second-order valence-corrected chi connectivity index (χ2v) is 6.72. The fourth-order valence-electron chi connectivity index (χ4n) is 2.79. The van der Waals surface area contributed by atoms with Crippen molar-refractivity contribution < 1.29 is 19.1 Å². The van der Waals surface area contributed by atoms with Crippen molar-refractivity contribution in [3.63, 3.8) is 0 Å². The van der Waals surface area contributed by atoms with Crippen LogP contribution in [0.3, 0.4) is 0 Å². The largest absolute Gasteiger partial charge is 0.456 e. The van der Waals surface area contributed by atoms with E-state index in [2.05, 4.69) is 5.32 Å². The Hall–Kier alpha value is -2.95. The van der Waals surface area contributed by atoms with Gasteiger partial charge in [0.15, 0.2) is 12.4 Å². The van der Waals surface area contributed by atoms with Crippen molar-refractivity contribution in [2.24, 2.45) is 0 Å². The van der Waals surface area contributed by atoms with E-state index < -0.39 is 11.9 Å². The van der Waals surface area contributed by atoms with Crippen molar-refractivity contribution in [3.8, 4) is 0 Å². The minimum absolute atomic E-state index is 0.0527. The van der Waals surface area contributed by atoms with Crippen LogP contribution < -0.4 is 5.32 Å². The first-order valence-electron chi connectivity index (χ1n) is 8.90. The number of para-hydroxylation sites is 1. The average molecular weight is 367 g/mol. The Labute approximate surface area is 159 Å². The summed E-state index contributed by atoms with van der Waals surface area (Å²) in [5.41, 5.74) is 5.10. The van der Waals surface area contributed by atoms with Gasteiger partial charge in [-0.25, -0.2) is 0 Å². The monoisotopic (exact) mass is 367 g/mol. The van der Waals surface area contributed by atoms with Crippen LogP contribution in [0.25, 0.3) is 0 Å². The first-order chi connectivity index (χ1) is 12.8. The normalized spacial score (nSPS) is 10.4. The number of ketones is 1. The standard InChI is InChI=1S/C22H25NO4/c1-14-8-9-15(2)18(12-14)19(24)10-11-21(26)27-13-20(25)23-22-16(3)6-5-7-17(22)4/h5-9,12H,10-11,13H2,1-4H3,(H,23,25). The van der Waals surface area contributed by atoms with Gasteiger partial charge in [-0.1, -0.05) is 35.9 Å². The molecule has 0 aliphatic carbocycles. The highest BCUT2D eigenvalue weighted by atomic mass is 16.5. The number of carbonyl (C=O) groups is 3. The highest BCUT2D eigenvalue weighted by Gasteiger charge is 2.14. The van der Waals surface area contributed by atoms with Gasteiger partial charge >= 0.3 is 5.97 Å². The van der Waals surface area contributed by atoms with Crippen molar-refractivity contribution in [2.45, 2.75) is 40.5 Å². The molecule has 142 valence electrons. The summed E-state index contributed by atoms with van der Waals surface area (Å²) in [6, 6.07) is 11.4. The lowest BCUT2D eigenvalue weighted by Crippen LogP contribution is -2.22. The minimum Gasteiger partial charge on any atom is -0.456 e. The van der Waals surface area contributed by atoms with E-state index in [0.717, 1.165) is 27.9 Å². The number of anilines is 1. The molecule has 0 fully saturated rings. The van der Waals surface area contributed by atoms with Crippen molar-refractivity contribution in [1.29, 1.82) is 0 Å². The van der Waals surface area contributed by atoms with Gasteiger partial charge < -0.3 is 10.1 Å². The first kappa shape index (κ1) is 20.4. The second-order valence-electron chi connectivity index (χ2n) is 6.72. The summed E-state index contributed by atoms with van der Waals surface area (Å²) in [4.78, 5) is 36.2. The molecule has 2 rings (SSSR count). The van der Waals surface area contributed by atoms with Gasteiger partial charge in [-0.15, -0.1) is 0 Å². The summed E-state index contributed by atoms with van der Waals surface area (Å²) >= 11 is 0. The number of nitrogens with one attached hydrogen (secondary N) is 1. The van der Waals surface area contributed by atoms with Gasteiger partial charge in [-0.3, -0.25) is 14.4 Å². The van der Waals surface area contributed by atoms with Gasteiger partial charge in [-0.2, -0.15) is 0 Å². The van der Waals surface area contributed by atoms with Crippen LogP contribution in [0.4, 0.5) is 5.69 Å². The Bertz CT molecular complexity index is 850. The molecule has 1 N–H and O–H groups in total. The molecule has 0 aromatic heterocycles. The second kappa shape index (κ2) is 9.12. The van der Waals surface area contributed by atoms with E-state index in [9.17, 15) is 14.4 Å². The molecule has 0 atom stereocenters. The van der Waals surface area contributed by atoms with Crippen LogP contribution in [0.1, 0.15) is 45.5 Å². The third kappa shape index (κ3) is 5.78. The summed E-state index contributed by atoms with van der Waals surface area (Å²) in [7, 11) is 0. The predicted molar refractivity (Wildman–Crippen MR) is 105 cm³/mol. The lowest BCUT2D eigenvalue weighted by atomic mass is 9.99. The molecule has 5 nitrogen and oxygen atoms in total. The fourth-order valence-corrected chi connectivity index (χ4v) is 2.79. The number of esters is 1. The maximum atomic E-state index is 12.3. The summed E-state index contributed by atoms with van der Waals surface area (Å²) in [6.07, 6.45) is 0.00450. The molecule has 0 heterocycles. The van der Waals surface area contributed by atoms with Crippen molar-refractivity contribution in [2.75, 3.05) is 11.9 Å². The number of carbonyl (C=O) groups excluding carboxylic acids is 3. The van der Waals surface area contributed by atoms with Crippen LogP contribution in [0.2, 0.25) is 0 Å². The Kier molecular flexibility index (Phi) is 6.88. The van der Waals surface area contributed by atoms with Gasteiger partial charge in [0.25, 0.3) is 5.91 Å². The molecule has 27 heavy (non-hydrogen) atoms. The molecule has 0 aliphatic rings. The van der Waals surface area contributed by atoms with Crippen molar-refractivity contribution in [3.05, 3.63) is 64.2 Å². The Morgan fingerprint density at radius 2 is 1.56 bits per heavy atom. The first-order valence-corrected chi connectivity index (χ1v) is 8.90. The lowest BCUT2D eigenvalue weighted by molar-refractivity contribution is -0.147. The van der Waals surface area contributed by atoms with Crippen LogP contribution in [0, 0.1) is 27.7 Å². The van der Waals surface area contributed by atoms with E-state index in [4.69, 9.17) is 4.74 Å². The van der Waals surface area contributed by atoms with E-state index in [-0.39, 0.29) is 25.2 Å². The summed E-state index contributed by atoms with van der Waals surface area (Å²) in [5.74, 6) is -1.07. The van der Waals surface area contributed by atoms with Gasteiger partial charge in [0.05, 0.1) is 6.42 Å². The number of amides is 1. The van der Waals surface area contributed by atoms with Gasteiger partial charge in [0, 0.05) is 17.7 Å². The Morgan fingerprint density at radius 3 is 2.22 bits per heavy atom. The number of Topliss-reactive ketones (excluding diaryl/α,β-unsaturated/α-hetero) is 1. The molecular formula is C22H25NO4. The quantitative estimate of drug-likeness (QED) is 0.591. The molecule has 1 amide bonds. The number of aryl methyl sites for hydroxylation is 4. The zero-order valence-electron chi connectivity index (χ0n) is 16.2. The zero-order valence-corrected chi connectivity index (χ0v) is 16.2. The third-order valence-corrected chi connectivity index (χ3v) is 4.36. The van der Waals surface area contributed by atoms with Gasteiger partial charge in [0.1, 0.15) is 0 Å². The molecule has 0 radical (unpaired) electrons. The van der Waals surface area contributed by atoms with Crippen LogP contribution in [-0.4, -0.2) is 24.3 Å². The van der Waals surface area contributed by atoms with Crippen LogP contribution in [0.15, 0.2) is 36.4 Å². The molecule has 2 aromatic carbocycles. The van der Waals surface area contributed by atoms with E-state index in [1.807, 2.05) is 64.1 Å². The van der Waals surface area contributed by atoms with Crippen LogP contribution >= 0.6 is 0 Å². The maximum Gasteiger partial charge on any atom is 0.306 e. The zero-order chi connectivity index (χ0) is 20.0. The highest BCUT2D eigenvalue weighted by Crippen LogP contribution is 2.19. The fraction of sp³-hybridized carbons (Fsp3) is 0.318. The molecule has 0 saturated carbocycles. The molecule has 2 aromatic rings. The molecule has 0 aliphatic heterocycles. The smallest absolute Gasteiger partial charge is 0.306 e. The highest BCUT2D eigenvalue weighted by molar-refractivity contribution is 5.99. The van der Waals surface area contributed by atoms with Crippen LogP contribution in [0.5, 0.6) is 0 Å². The average Bonchev–Trinajstić information content (AvgIpc) is 2.63. The lowest BCUT2D eigenvalue weighted by Gasteiger charge is -2.11. The summed E-state index contributed by atoms with van der Waals surface area (Å²) in [5, 5.41) is 2.76. The van der Waals surface area contributed by atoms with Crippen LogP contribution in [-0.2, 0) is 14.3 Å². The molecule has 0 saturated heterocycles. The van der Waals surface area contributed by atoms with E-state index in [1.165, 1.54) is 0 Å². The molecule has 0 unspecified atom stereocenters. The maximum absolute atomic E-state index is 12.3. The van der Waals surface area contributed by atoms with E-state index in [1.54, 1.807) is 0 Å². The molecule has 0 bridgehead atoms. The number of ether oxygens (including phenoxy) is 1.